The molecule has 3 amide bonds. The lowest BCUT2D eigenvalue weighted by Gasteiger charge is -2.17. The number of alkyl carbamates (subject to hydrolysis) is 1. The highest BCUT2D eigenvalue weighted by molar-refractivity contribution is 5.93. The van der Waals surface area contributed by atoms with Crippen LogP contribution in [0.1, 0.15) is 20.3 Å². The number of fused-ring (bicyclic) bond motifs is 1. The lowest BCUT2D eigenvalue weighted by molar-refractivity contribution is -0.881. The van der Waals surface area contributed by atoms with Crippen molar-refractivity contribution in [1.29, 1.82) is 0 Å². The van der Waals surface area contributed by atoms with E-state index in [1.807, 2.05) is 6.92 Å². The summed E-state index contributed by atoms with van der Waals surface area (Å²) in [6.45, 7) is 5.47. The monoisotopic (exact) mass is 380 g/mol. The van der Waals surface area contributed by atoms with Crippen LogP contribution in [-0.2, 0) is 14.3 Å². The molecule has 9 nitrogen and oxygen atoms in total. The van der Waals surface area contributed by atoms with Crippen LogP contribution in [0.15, 0.2) is 18.2 Å². The van der Waals surface area contributed by atoms with Crippen LogP contribution in [0.2, 0.25) is 0 Å². The number of nitrogens with one attached hydrogen (secondary N) is 3. The van der Waals surface area contributed by atoms with Gasteiger partial charge in [-0.2, -0.15) is 0 Å². The van der Waals surface area contributed by atoms with Gasteiger partial charge in [-0.15, -0.1) is 0 Å². The summed E-state index contributed by atoms with van der Waals surface area (Å²) < 4.78 is 15.8. The number of anilines is 1. The number of hydrogen-bond acceptors (Lipinski definition) is 6. The van der Waals surface area contributed by atoms with Crippen LogP contribution in [0, 0.1) is 0 Å². The molecule has 0 fully saturated rings. The van der Waals surface area contributed by atoms with Crippen molar-refractivity contribution in [3.05, 3.63) is 18.2 Å². The van der Waals surface area contributed by atoms with Crippen LogP contribution >= 0.6 is 0 Å². The molecule has 0 bridgehead atoms. The molecule has 1 aliphatic rings. The molecule has 3 N–H and O–H groups in total. The van der Waals surface area contributed by atoms with Crippen LogP contribution in [0.25, 0.3) is 0 Å². The van der Waals surface area contributed by atoms with Gasteiger partial charge < -0.3 is 24.4 Å². The van der Waals surface area contributed by atoms with Crippen molar-refractivity contribution in [2.24, 2.45) is 0 Å². The van der Waals surface area contributed by atoms with Gasteiger partial charge in [0, 0.05) is 18.2 Å². The molecule has 1 heterocycles. The van der Waals surface area contributed by atoms with Crippen LogP contribution < -0.4 is 25.0 Å². The predicted molar refractivity (Wildman–Crippen MR) is 97.1 cm³/mol. The number of carbonyl (C=O) groups is 3. The molecule has 27 heavy (non-hydrogen) atoms. The molecular weight excluding hydrogens is 354 g/mol. The van der Waals surface area contributed by atoms with Crippen molar-refractivity contribution < 1.29 is 33.5 Å². The van der Waals surface area contributed by atoms with Gasteiger partial charge >= 0.3 is 6.09 Å². The number of rotatable bonds is 7. The first-order chi connectivity index (χ1) is 13.0. The van der Waals surface area contributed by atoms with E-state index in [2.05, 4.69) is 15.4 Å². The summed E-state index contributed by atoms with van der Waals surface area (Å²) in [5.41, 5.74) is 0.593. The Balaban J connectivity index is 1.86. The molecule has 0 aromatic heterocycles. The van der Waals surface area contributed by atoms with E-state index in [4.69, 9.17) is 9.47 Å². The van der Waals surface area contributed by atoms with Crippen LogP contribution in [0.3, 0.4) is 0 Å². The second-order valence-corrected chi connectivity index (χ2v) is 5.99. The highest BCUT2D eigenvalue weighted by atomic mass is 16.5. The SMILES string of the molecule is CCOC(=O)NC(=O)C[NH+](CC)CC(=O)Nc1ccc2c(c1)OCCCO2. The Bertz CT molecular complexity index is 679. The molecule has 1 atom stereocenters. The van der Waals surface area contributed by atoms with E-state index in [0.717, 1.165) is 6.42 Å². The molecule has 1 aromatic rings. The van der Waals surface area contributed by atoms with Gasteiger partial charge in [-0.05, 0) is 26.0 Å². The fourth-order valence-corrected chi connectivity index (χ4v) is 2.54. The minimum absolute atomic E-state index is 0.0100. The van der Waals surface area contributed by atoms with Crippen molar-refractivity contribution in [2.45, 2.75) is 20.3 Å². The Morgan fingerprint density at radius 1 is 1.07 bits per heavy atom. The zero-order valence-corrected chi connectivity index (χ0v) is 15.6. The minimum Gasteiger partial charge on any atom is -0.490 e. The second-order valence-electron chi connectivity index (χ2n) is 5.99. The van der Waals surface area contributed by atoms with Gasteiger partial charge in [0.25, 0.3) is 11.8 Å². The van der Waals surface area contributed by atoms with E-state index in [0.29, 0.717) is 41.8 Å². The number of likely N-dealkylation sites (N-methyl/N-ethyl adjacent to an activating group) is 1. The van der Waals surface area contributed by atoms with Gasteiger partial charge in [0.1, 0.15) is 0 Å². The average molecular weight is 380 g/mol. The number of ether oxygens (including phenoxy) is 3. The fourth-order valence-electron chi connectivity index (χ4n) is 2.54. The maximum Gasteiger partial charge on any atom is 0.414 e. The first kappa shape index (κ1) is 20.5. The summed E-state index contributed by atoms with van der Waals surface area (Å²) in [5.74, 6) is 0.514. The van der Waals surface area contributed by atoms with E-state index in [1.54, 1.807) is 25.1 Å². The quantitative estimate of drug-likeness (QED) is 0.613. The topological polar surface area (TPSA) is 107 Å². The van der Waals surface area contributed by atoms with Crippen LogP contribution in [0.5, 0.6) is 11.5 Å². The van der Waals surface area contributed by atoms with E-state index < -0.39 is 12.0 Å². The molecule has 0 aliphatic carbocycles. The number of imide groups is 1. The summed E-state index contributed by atoms with van der Waals surface area (Å²) in [6, 6.07) is 5.22. The molecule has 2 rings (SSSR count). The Morgan fingerprint density at radius 3 is 2.48 bits per heavy atom. The highest BCUT2D eigenvalue weighted by Gasteiger charge is 2.19. The highest BCUT2D eigenvalue weighted by Crippen LogP contribution is 2.32. The molecular formula is C18H26N3O6+. The molecule has 1 aliphatic heterocycles. The second kappa shape index (κ2) is 10.4. The van der Waals surface area contributed by atoms with Crippen LogP contribution in [0.4, 0.5) is 10.5 Å². The Kier molecular flexibility index (Phi) is 7.87. The van der Waals surface area contributed by atoms with Crippen LogP contribution in [-0.4, -0.2) is 57.4 Å². The molecule has 0 spiro atoms. The number of amides is 3. The van der Waals surface area contributed by atoms with Crippen molar-refractivity contribution in [3.63, 3.8) is 0 Å². The lowest BCUT2D eigenvalue weighted by atomic mass is 10.2. The van der Waals surface area contributed by atoms with Gasteiger partial charge in [0.2, 0.25) is 0 Å². The van der Waals surface area contributed by atoms with Crippen molar-refractivity contribution in [1.82, 2.24) is 5.32 Å². The molecule has 0 radical (unpaired) electrons. The van der Waals surface area contributed by atoms with E-state index in [-0.39, 0.29) is 25.6 Å². The Morgan fingerprint density at radius 2 is 1.78 bits per heavy atom. The zero-order valence-electron chi connectivity index (χ0n) is 15.6. The van der Waals surface area contributed by atoms with Gasteiger partial charge in [0.05, 0.1) is 26.4 Å². The average Bonchev–Trinajstić information content (AvgIpc) is 2.86. The standard InChI is InChI=1S/C18H25N3O6/c1-3-21(12-17(23)20-18(24)25-4-2)11-16(22)19-13-6-7-14-15(10-13)27-9-5-8-26-14/h6-7,10H,3-5,8-9,11-12H2,1-2H3,(H,19,22)(H,20,23,24)/p+1. The molecule has 0 saturated carbocycles. The van der Waals surface area contributed by atoms with Gasteiger partial charge in [-0.1, -0.05) is 0 Å². The van der Waals surface area contributed by atoms with Crippen molar-refractivity contribution in [2.75, 3.05) is 44.8 Å². The predicted octanol–water partition coefficient (Wildman–Crippen LogP) is -0.0361. The van der Waals surface area contributed by atoms with E-state index in [9.17, 15) is 14.4 Å². The summed E-state index contributed by atoms with van der Waals surface area (Å²) in [4.78, 5) is 36.1. The summed E-state index contributed by atoms with van der Waals surface area (Å²) in [5, 5.41) is 4.92. The first-order valence-corrected chi connectivity index (χ1v) is 9.01. The summed E-state index contributed by atoms with van der Waals surface area (Å²) >= 11 is 0. The number of carbonyl (C=O) groups excluding carboxylic acids is 3. The fraction of sp³-hybridized carbons (Fsp3) is 0.500. The van der Waals surface area contributed by atoms with Crippen molar-refractivity contribution >= 4 is 23.6 Å². The number of hydrogen-bond donors (Lipinski definition) is 3. The molecule has 148 valence electrons. The molecule has 0 saturated heterocycles. The maximum atomic E-state index is 12.3. The van der Waals surface area contributed by atoms with E-state index >= 15 is 0 Å². The lowest BCUT2D eigenvalue weighted by Crippen LogP contribution is -3.14. The smallest absolute Gasteiger partial charge is 0.414 e. The minimum atomic E-state index is -0.783. The number of quaternary nitrogens is 1. The molecule has 9 heteroatoms. The summed E-state index contributed by atoms with van der Waals surface area (Å²) in [7, 11) is 0. The summed E-state index contributed by atoms with van der Waals surface area (Å²) in [6.07, 6.45) is 0.0218. The first-order valence-electron chi connectivity index (χ1n) is 9.01. The third-order valence-electron chi connectivity index (χ3n) is 3.87. The normalized spacial score (nSPS) is 13.9. The van der Waals surface area contributed by atoms with Gasteiger partial charge in [0.15, 0.2) is 24.6 Å². The van der Waals surface area contributed by atoms with Gasteiger partial charge in [-0.3, -0.25) is 14.9 Å². The zero-order chi connectivity index (χ0) is 19.6. The van der Waals surface area contributed by atoms with Gasteiger partial charge in [-0.25, -0.2) is 4.79 Å². The third-order valence-corrected chi connectivity index (χ3v) is 3.87. The van der Waals surface area contributed by atoms with E-state index in [1.165, 1.54) is 0 Å². The molecule has 1 aromatic carbocycles. The van der Waals surface area contributed by atoms with Crippen molar-refractivity contribution in [3.8, 4) is 11.5 Å². The Labute approximate surface area is 157 Å². The number of benzene rings is 1. The largest absolute Gasteiger partial charge is 0.490 e. The molecule has 1 unspecified atom stereocenters. The maximum absolute atomic E-state index is 12.3. The Hall–Kier alpha value is -2.81. The third kappa shape index (κ3) is 6.78.